The molecule has 1 saturated heterocycles. The van der Waals surface area contributed by atoms with E-state index in [1.165, 1.54) is 0 Å². The van der Waals surface area contributed by atoms with Gasteiger partial charge < -0.3 is 10.2 Å². The number of pyridine rings is 1. The summed E-state index contributed by atoms with van der Waals surface area (Å²) >= 11 is 12.1. The third kappa shape index (κ3) is 2.66. The zero-order chi connectivity index (χ0) is 14.9. The lowest BCUT2D eigenvalue weighted by Gasteiger charge is -2.34. The van der Waals surface area contributed by atoms with Crippen molar-refractivity contribution in [3.8, 4) is 0 Å². The molecule has 0 spiro atoms. The molecule has 0 radical (unpaired) electrons. The molecular weight excluding hydrogens is 303 g/mol. The number of nitrogens with one attached hydrogen (secondary N) is 2. The highest BCUT2D eigenvalue weighted by Gasteiger charge is 2.34. The molecule has 1 fully saturated rings. The van der Waals surface area contributed by atoms with Gasteiger partial charge in [-0.2, -0.15) is 0 Å². The van der Waals surface area contributed by atoms with Gasteiger partial charge in [0.2, 0.25) is 11.8 Å². The molecule has 2 amide bonds. The van der Waals surface area contributed by atoms with Crippen molar-refractivity contribution in [2.45, 2.75) is 19.4 Å². The number of amides is 2. The molecule has 108 valence electrons. The Hall–Kier alpha value is -1.53. The van der Waals surface area contributed by atoms with E-state index in [-0.39, 0.29) is 18.4 Å². The fraction of sp³-hybridized carbons (Fsp3) is 0.417. The van der Waals surface area contributed by atoms with Gasteiger partial charge in [0.25, 0.3) is 0 Å². The smallest absolute Gasteiger partial charge is 0.249 e. The number of imide groups is 1. The van der Waals surface area contributed by atoms with Crippen LogP contribution in [0.25, 0.3) is 0 Å². The molecule has 1 aliphatic heterocycles. The number of rotatable bonds is 3. The molecule has 1 atom stereocenters. The number of halogens is 2. The lowest BCUT2D eigenvalue weighted by atomic mass is 10.1. The van der Waals surface area contributed by atoms with Gasteiger partial charge in [-0.3, -0.25) is 14.9 Å². The SMILES string of the molecule is CCC1C(=O)NC(=O)CN1c1nc(NC)c(Cl)cc1Cl. The quantitative estimate of drug-likeness (QED) is 0.830. The van der Waals surface area contributed by atoms with E-state index < -0.39 is 6.04 Å². The first-order valence-corrected chi connectivity index (χ1v) is 6.87. The Balaban J connectivity index is 2.47. The lowest BCUT2D eigenvalue weighted by Crippen LogP contribution is -2.58. The van der Waals surface area contributed by atoms with Crippen LogP contribution in [-0.2, 0) is 9.59 Å². The summed E-state index contributed by atoms with van der Waals surface area (Å²) in [6.07, 6.45) is 0.536. The van der Waals surface area contributed by atoms with E-state index in [1.807, 2.05) is 6.92 Å². The molecule has 6 nitrogen and oxygen atoms in total. The minimum atomic E-state index is -0.483. The van der Waals surface area contributed by atoms with Gasteiger partial charge in [-0.05, 0) is 12.5 Å². The second-order valence-corrected chi connectivity index (χ2v) is 5.15. The van der Waals surface area contributed by atoms with Crippen molar-refractivity contribution in [3.63, 3.8) is 0 Å². The van der Waals surface area contributed by atoms with Gasteiger partial charge in [0.1, 0.15) is 11.9 Å². The third-order valence-electron chi connectivity index (χ3n) is 3.06. The second-order valence-electron chi connectivity index (χ2n) is 4.34. The Morgan fingerprint density at radius 3 is 2.75 bits per heavy atom. The molecule has 2 N–H and O–H groups in total. The summed E-state index contributed by atoms with van der Waals surface area (Å²) < 4.78 is 0. The van der Waals surface area contributed by atoms with E-state index in [2.05, 4.69) is 15.6 Å². The molecule has 8 heteroatoms. The molecule has 0 aromatic carbocycles. The summed E-state index contributed by atoms with van der Waals surface area (Å²) in [6.45, 7) is 1.89. The molecule has 1 aromatic rings. The highest BCUT2D eigenvalue weighted by atomic mass is 35.5. The Morgan fingerprint density at radius 2 is 2.15 bits per heavy atom. The molecule has 2 heterocycles. The summed E-state index contributed by atoms with van der Waals surface area (Å²) in [6, 6.07) is 1.06. The third-order valence-corrected chi connectivity index (χ3v) is 3.63. The summed E-state index contributed by atoms with van der Waals surface area (Å²) in [4.78, 5) is 29.3. The van der Waals surface area contributed by atoms with E-state index in [0.29, 0.717) is 28.1 Å². The summed E-state index contributed by atoms with van der Waals surface area (Å²) in [7, 11) is 1.68. The van der Waals surface area contributed by atoms with Gasteiger partial charge in [-0.1, -0.05) is 30.1 Å². The predicted octanol–water partition coefficient (Wildman–Crippen LogP) is 1.67. The number of hydrogen-bond acceptors (Lipinski definition) is 5. The van der Waals surface area contributed by atoms with Gasteiger partial charge in [-0.15, -0.1) is 0 Å². The maximum Gasteiger partial charge on any atom is 0.249 e. The van der Waals surface area contributed by atoms with Crippen molar-refractivity contribution in [2.75, 3.05) is 23.8 Å². The van der Waals surface area contributed by atoms with Gasteiger partial charge in [0.05, 0.1) is 16.6 Å². The van der Waals surface area contributed by atoms with Crippen LogP contribution in [0.15, 0.2) is 6.07 Å². The average molecular weight is 317 g/mol. The highest BCUT2D eigenvalue weighted by molar-refractivity contribution is 6.37. The van der Waals surface area contributed by atoms with Gasteiger partial charge >= 0.3 is 0 Å². The van der Waals surface area contributed by atoms with Crippen molar-refractivity contribution in [3.05, 3.63) is 16.1 Å². The van der Waals surface area contributed by atoms with E-state index >= 15 is 0 Å². The van der Waals surface area contributed by atoms with E-state index in [1.54, 1.807) is 18.0 Å². The highest BCUT2D eigenvalue weighted by Crippen LogP contribution is 2.33. The van der Waals surface area contributed by atoms with Crippen LogP contribution in [0.2, 0.25) is 10.0 Å². The first kappa shape index (κ1) is 14.9. The van der Waals surface area contributed by atoms with Gasteiger partial charge in [0, 0.05) is 7.05 Å². The maximum absolute atomic E-state index is 11.9. The van der Waals surface area contributed by atoms with E-state index in [4.69, 9.17) is 23.2 Å². The van der Waals surface area contributed by atoms with Crippen molar-refractivity contribution < 1.29 is 9.59 Å². The van der Waals surface area contributed by atoms with Crippen molar-refractivity contribution in [1.29, 1.82) is 0 Å². The van der Waals surface area contributed by atoms with Crippen LogP contribution in [0.5, 0.6) is 0 Å². The first-order chi connectivity index (χ1) is 9.47. The predicted molar refractivity (Wildman–Crippen MR) is 78.4 cm³/mol. The Labute approximate surface area is 126 Å². The molecule has 1 unspecified atom stereocenters. The van der Waals surface area contributed by atoms with Crippen molar-refractivity contribution >= 4 is 46.7 Å². The molecule has 0 aliphatic carbocycles. The number of carbonyl (C=O) groups excluding carboxylic acids is 2. The lowest BCUT2D eigenvalue weighted by molar-refractivity contribution is -0.132. The fourth-order valence-corrected chi connectivity index (χ4v) is 2.69. The topological polar surface area (TPSA) is 74.3 Å². The molecule has 2 rings (SSSR count). The molecule has 0 bridgehead atoms. The second kappa shape index (κ2) is 5.85. The zero-order valence-electron chi connectivity index (χ0n) is 11.0. The van der Waals surface area contributed by atoms with Gasteiger partial charge in [0.15, 0.2) is 5.82 Å². The Kier molecular flexibility index (Phi) is 4.35. The average Bonchev–Trinajstić information content (AvgIpc) is 2.38. The van der Waals surface area contributed by atoms with Crippen LogP contribution in [-0.4, -0.2) is 36.4 Å². The number of anilines is 2. The number of aromatic nitrogens is 1. The fourth-order valence-electron chi connectivity index (χ4n) is 2.13. The van der Waals surface area contributed by atoms with E-state index in [0.717, 1.165) is 0 Å². The molecule has 0 saturated carbocycles. The number of carbonyl (C=O) groups is 2. The monoisotopic (exact) mass is 316 g/mol. The minimum Gasteiger partial charge on any atom is -0.372 e. The molecule has 20 heavy (non-hydrogen) atoms. The molecule has 1 aliphatic rings. The summed E-state index contributed by atoms with van der Waals surface area (Å²) in [5.74, 6) is 0.0934. The maximum atomic E-state index is 11.9. The first-order valence-electron chi connectivity index (χ1n) is 6.12. The number of hydrogen-bond donors (Lipinski definition) is 2. The molecular formula is C12H14Cl2N4O2. The van der Waals surface area contributed by atoms with Crippen molar-refractivity contribution in [2.24, 2.45) is 0 Å². The van der Waals surface area contributed by atoms with E-state index in [9.17, 15) is 9.59 Å². The van der Waals surface area contributed by atoms with Crippen LogP contribution >= 0.6 is 23.2 Å². The van der Waals surface area contributed by atoms with Gasteiger partial charge in [-0.25, -0.2) is 4.98 Å². The van der Waals surface area contributed by atoms with Crippen LogP contribution in [0.1, 0.15) is 13.3 Å². The zero-order valence-corrected chi connectivity index (χ0v) is 12.5. The number of nitrogens with zero attached hydrogens (tertiary/aromatic N) is 2. The van der Waals surface area contributed by atoms with Crippen LogP contribution in [0.3, 0.4) is 0 Å². The minimum absolute atomic E-state index is 0.0295. The molecule has 1 aromatic heterocycles. The Bertz CT molecular complexity index is 565. The van der Waals surface area contributed by atoms with Crippen molar-refractivity contribution in [1.82, 2.24) is 10.3 Å². The standard InChI is InChI=1S/C12H14Cl2N4O2/c1-3-8-12(20)16-9(19)5-18(8)11-7(14)4-6(13)10(15-2)17-11/h4,8H,3,5H2,1-2H3,(H,15,17)(H,16,19,20). The Morgan fingerprint density at radius 1 is 1.45 bits per heavy atom. The van der Waals surface area contributed by atoms with Crippen LogP contribution < -0.4 is 15.5 Å². The summed E-state index contributed by atoms with van der Waals surface area (Å²) in [5.41, 5.74) is 0. The number of piperazine rings is 1. The van der Waals surface area contributed by atoms with Crippen LogP contribution in [0.4, 0.5) is 11.6 Å². The van der Waals surface area contributed by atoms with Crippen LogP contribution in [0, 0.1) is 0 Å². The largest absolute Gasteiger partial charge is 0.372 e. The normalized spacial score (nSPS) is 19.0. The summed E-state index contributed by atoms with van der Waals surface area (Å²) in [5, 5.41) is 5.83.